The van der Waals surface area contributed by atoms with Crippen molar-refractivity contribution in [2.24, 2.45) is 0 Å². The summed E-state index contributed by atoms with van der Waals surface area (Å²) in [5, 5.41) is 20.2. The average Bonchev–Trinajstić information content (AvgIpc) is 2.63. The van der Waals surface area contributed by atoms with Gasteiger partial charge in [0.25, 0.3) is 0 Å². The Hall–Kier alpha value is -3.08. The summed E-state index contributed by atoms with van der Waals surface area (Å²) in [7, 11) is 4.64. The molecule has 0 amide bonds. The molecule has 0 bridgehead atoms. The summed E-state index contributed by atoms with van der Waals surface area (Å²) in [5.41, 5.74) is 1.92. The molecule has 0 saturated heterocycles. The number of ether oxygens (including phenoxy) is 3. The van der Waals surface area contributed by atoms with Crippen LogP contribution in [-0.2, 0) is 6.42 Å². The van der Waals surface area contributed by atoms with Crippen LogP contribution in [0.4, 0.5) is 0 Å². The van der Waals surface area contributed by atoms with Gasteiger partial charge in [0.2, 0.25) is 5.75 Å². The Kier molecular flexibility index (Phi) is 5.95. The molecule has 0 fully saturated rings. The lowest BCUT2D eigenvalue weighted by Crippen LogP contribution is -1.95. The van der Waals surface area contributed by atoms with Crippen LogP contribution in [0.5, 0.6) is 28.7 Å². The summed E-state index contributed by atoms with van der Waals surface area (Å²) < 4.78 is 15.9. The van der Waals surface area contributed by atoms with E-state index in [0.29, 0.717) is 34.8 Å². The number of hydrogen-bond acceptors (Lipinski definition) is 5. The number of hydrogen-bond donors (Lipinski definition) is 2. The van der Waals surface area contributed by atoms with Gasteiger partial charge >= 0.3 is 0 Å². The molecule has 0 unspecified atom stereocenters. The van der Waals surface area contributed by atoms with Crippen molar-refractivity contribution < 1.29 is 24.4 Å². The molecule has 5 nitrogen and oxygen atoms in total. The predicted molar refractivity (Wildman–Crippen MR) is 98.7 cm³/mol. The third-order valence-corrected chi connectivity index (χ3v) is 3.77. The molecule has 0 aliphatic heterocycles. The lowest BCUT2D eigenvalue weighted by molar-refractivity contribution is 0.324. The highest BCUT2D eigenvalue weighted by molar-refractivity contribution is 5.76. The molecule has 0 radical (unpaired) electrons. The van der Waals surface area contributed by atoms with E-state index in [-0.39, 0.29) is 11.5 Å². The highest BCUT2D eigenvalue weighted by Gasteiger charge is 2.13. The first kappa shape index (κ1) is 18.3. The fourth-order valence-electron chi connectivity index (χ4n) is 2.48. The van der Waals surface area contributed by atoms with Gasteiger partial charge in [0.1, 0.15) is 0 Å². The second-order valence-electron chi connectivity index (χ2n) is 5.30. The summed E-state index contributed by atoms with van der Waals surface area (Å²) in [6, 6.07) is 7.08. The fourth-order valence-corrected chi connectivity index (χ4v) is 2.48. The van der Waals surface area contributed by atoms with Gasteiger partial charge in [0.15, 0.2) is 23.0 Å². The Labute approximate surface area is 147 Å². The van der Waals surface area contributed by atoms with Gasteiger partial charge in [-0.25, -0.2) is 0 Å². The molecule has 0 heterocycles. The standard InChI is InChI=1S/C20H22O5/c1-5-6-14-9-10-15(19(22)18(14)21)8-7-13-11-16(23-2)20(25-4)17(12-13)24-3/h5,7-12,21-22H,1,6H2,2-4H3. The number of aromatic hydroxyl groups is 2. The molecule has 0 aromatic heterocycles. The van der Waals surface area contributed by atoms with Crippen LogP contribution in [0.25, 0.3) is 12.2 Å². The molecule has 0 atom stereocenters. The molecule has 0 saturated carbocycles. The number of benzene rings is 2. The minimum absolute atomic E-state index is 0.132. The maximum atomic E-state index is 10.2. The van der Waals surface area contributed by atoms with E-state index in [4.69, 9.17) is 14.2 Å². The van der Waals surface area contributed by atoms with E-state index in [0.717, 1.165) is 5.56 Å². The summed E-state index contributed by atoms with van der Waals surface area (Å²) >= 11 is 0. The number of methoxy groups -OCH3 is 3. The molecule has 25 heavy (non-hydrogen) atoms. The van der Waals surface area contributed by atoms with Crippen LogP contribution in [-0.4, -0.2) is 31.5 Å². The van der Waals surface area contributed by atoms with Gasteiger partial charge < -0.3 is 24.4 Å². The van der Waals surface area contributed by atoms with E-state index < -0.39 is 0 Å². The average molecular weight is 342 g/mol. The molecule has 2 aromatic rings. The molecule has 2 aromatic carbocycles. The summed E-state index contributed by atoms with van der Waals surface area (Å²) in [6.07, 6.45) is 5.63. The quantitative estimate of drug-likeness (QED) is 0.452. The minimum Gasteiger partial charge on any atom is -0.504 e. The third-order valence-electron chi connectivity index (χ3n) is 3.77. The lowest BCUT2D eigenvalue weighted by atomic mass is 10.0. The zero-order valence-corrected chi connectivity index (χ0v) is 14.6. The van der Waals surface area contributed by atoms with Crippen molar-refractivity contribution in [2.75, 3.05) is 21.3 Å². The SMILES string of the molecule is C=CCc1ccc(C=Cc2cc(OC)c(OC)c(OC)c2)c(O)c1O. The third kappa shape index (κ3) is 3.88. The van der Waals surface area contributed by atoms with E-state index in [2.05, 4.69) is 6.58 Å². The first-order valence-electron chi connectivity index (χ1n) is 7.68. The van der Waals surface area contributed by atoms with Gasteiger partial charge in [-0.1, -0.05) is 30.4 Å². The second kappa shape index (κ2) is 8.15. The highest BCUT2D eigenvalue weighted by Crippen LogP contribution is 2.39. The van der Waals surface area contributed by atoms with Crippen LogP contribution in [0.2, 0.25) is 0 Å². The van der Waals surface area contributed by atoms with Crippen LogP contribution in [0, 0.1) is 0 Å². The number of phenols is 2. The van der Waals surface area contributed by atoms with Gasteiger partial charge in [-0.3, -0.25) is 0 Å². The van der Waals surface area contributed by atoms with Crippen LogP contribution in [0.3, 0.4) is 0 Å². The van der Waals surface area contributed by atoms with Gasteiger partial charge in [0, 0.05) is 11.1 Å². The van der Waals surface area contributed by atoms with E-state index in [1.54, 1.807) is 63.8 Å². The lowest BCUT2D eigenvalue weighted by Gasteiger charge is -2.13. The van der Waals surface area contributed by atoms with Crippen molar-refractivity contribution in [3.8, 4) is 28.7 Å². The Bertz CT molecular complexity index is 768. The smallest absolute Gasteiger partial charge is 0.203 e. The van der Waals surface area contributed by atoms with Gasteiger partial charge in [-0.2, -0.15) is 0 Å². The second-order valence-corrected chi connectivity index (χ2v) is 5.30. The van der Waals surface area contributed by atoms with Crippen molar-refractivity contribution in [1.29, 1.82) is 0 Å². The summed E-state index contributed by atoms with van der Waals surface area (Å²) in [6.45, 7) is 3.63. The van der Waals surface area contributed by atoms with E-state index in [1.807, 2.05) is 0 Å². The number of allylic oxidation sites excluding steroid dienone is 1. The van der Waals surface area contributed by atoms with Gasteiger partial charge in [-0.05, 0) is 24.1 Å². The first-order chi connectivity index (χ1) is 12.0. The van der Waals surface area contributed by atoms with Gasteiger partial charge in [-0.15, -0.1) is 6.58 Å². The van der Waals surface area contributed by atoms with E-state index in [1.165, 1.54) is 0 Å². The van der Waals surface area contributed by atoms with Gasteiger partial charge in [0.05, 0.1) is 21.3 Å². The summed E-state index contributed by atoms with van der Waals surface area (Å²) in [4.78, 5) is 0. The summed E-state index contributed by atoms with van der Waals surface area (Å²) in [5.74, 6) is 1.29. The van der Waals surface area contributed by atoms with Crippen LogP contribution < -0.4 is 14.2 Å². The number of phenolic OH excluding ortho intramolecular Hbond substituents is 2. The normalized spacial score (nSPS) is 10.7. The Morgan fingerprint density at radius 1 is 0.920 bits per heavy atom. The van der Waals surface area contributed by atoms with Crippen LogP contribution in [0.15, 0.2) is 36.9 Å². The molecular weight excluding hydrogens is 320 g/mol. The molecule has 2 rings (SSSR count). The Morgan fingerprint density at radius 3 is 2.08 bits per heavy atom. The molecule has 2 N–H and O–H groups in total. The molecular formula is C20H22O5. The van der Waals surface area contributed by atoms with Crippen molar-refractivity contribution >= 4 is 12.2 Å². The van der Waals surface area contributed by atoms with Crippen LogP contribution >= 0.6 is 0 Å². The molecule has 132 valence electrons. The number of rotatable bonds is 7. The van der Waals surface area contributed by atoms with Crippen LogP contribution in [0.1, 0.15) is 16.7 Å². The molecule has 0 aliphatic carbocycles. The zero-order valence-electron chi connectivity index (χ0n) is 14.6. The van der Waals surface area contributed by atoms with Crippen molar-refractivity contribution in [3.63, 3.8) is 0 Å². The predicted octanol–water partition coefficient (Wildman–Crippen LogP) is 4.02. The topological polar surface area (TPSA) is 68.2 Å². The highest BCUT2D eigenvalue weighted by atomic mass is 16.5. The Morgan fingerprint density at radius 2 is 1.56 bits per heavy atom. The molecule has 0 spiro atoms. The largest absolute Gasteiger partial charge is 0.504 e. The van der Waals surface area contributed by atoms with E-state index >= 15 is 0 Å². The fraction of sp³-hybridized carbons (Fsp3) is 0.200. The molecule has 0 aliphatic rings. The van der Waals surface area contributed by atoms with Crippen molar-refractivity contribution in [1.82, 2.24) is 0 Å². The minimum atomic E-state index is -0.164. The van der Waals surface area contributed by atoms with Crippen molar-refractivity contribution in [2.45, 2.75) is 6.42 Å². The van der Waals surface area contributed by atoms with Crippen molar-refractivity contribution in [3.05, 3.63) is 53.6 Å². The molecule has 5 heteroatoms. The monoisotopic (exact) mass is 342 g/mol. The zero-order chi connectivity index (χ0) is 18.4. The first-order valence-corrected chi connectivity index (χ1v) is 7.68. The Balaban J connectivity index is 2.39. The van der Waals surface area contributed by atoms with E-state index in [9.17, 15) is 10.2 Å². The maximum Gasteiger partial charge on any atom is 0.203 e. The maximum absolute atomic E-state index is 10.2.